The highest BCUT2D eigenvalue weighted by Crippen LogP contribution is 2.29. The van der Waals surface area contributed by atoms with Crippen LogP contribution in [0.3, 0.4) is 0 Å². The van der Waals surface area contributed by atoms with Crippen LogP contribution in [0.25, 0.3) is 0 Å². The maximum absolute atomic E-state index is 5.87. The first-order valence-electron chi connectivity index (χ1n) is 7.23. The Hall–Kier alpha value is -0.860. The molecule has 1 aromatic rings. The van der Waals surface area contributed by atoms with Crippen molar-refractivity contribution in [3.63, 3.8) is 0 Å². The first-order chi connectivity index (χ1) is 8.72. The van der Waals surface area contributed by atoms with Gasteiger partial charge in [-0.3, -0.25) is 0 Å². The lowest BCUT2D eigenvalue weighted by Gasteiger charge is -2.29. The lowest BCUT2D eigenvalue weighted by molar-refractivity contribution is 0.315. The molecule has 0 spiro atoms. The minimum absolute atomic E-state index is 0.448. The van der Waals surface area contributed by atoms with Gasteiger partial charge in [0.25, 0.3) is 0 Å². The summed E-state index contributed by atoms with van der Waals surface area (Å²) in [5.41, 5.74) is 7.27. The van der Waals surface area contributed by atoms with Crippen molar-refractivity contribution in [1.82, 2.24) is 5.32 Å². The van der Waals surface area contributed by atoms with Crippen LogP contribution in [0.2, 0.25) is 0 Å². The van der Waals surface area contributed by atoms with Crippen molar-refractivity contribution in [3.05, 3.63) is 35.9 Å². The van der Waals surface area contributed by atoms with Crippen molar-refractivity contribution in [2.24, 2.45) is 17.6 Å². The Balaban J connectivity index is 2.07. The zero-order valence-electron chi connectivity index (χ0n) is 11.6. The van der Waals surface area contributed by atoms with Gasteiger partial charge in [-0.15, -0.1) is 0 Å². The molecule has 1 aliphatic rings. The fourth-order valence-electron chi connectivity index (χ4n) is 3.10. The maximum atomic E-state index is 5.87. The van der Waals surface area contributed by atoms with E-state index in [2.05, 4.69) is 49.5 Å². The molecule has 0 radical (unpaired) electrons. The van der Waals surface area contributed by atoms with Crippen molar-refractivity contribution in [3.8, 4) is 0 Å². The van der Waals surface area contributed by atoms with Gasteiger partial charge in [-0.05, 0) is 36.8 Å². The second kappa shape index (κ2) is 6.35. The zero-order valence-corrected chi connectivity index (χ0v) is 11.6. The normalized spacial score (nSPS) is 25.6. The second-order valence-electron chi connectivity index (χ2n) is 5.83. The van der Waals surface area contributed by atoms with Crippen LogP contribution >= 0.6 is 0 Å². The number of benzene rings is 1. The predicted molar refractivity (Wildman–Crippen MR) is 77.3 cm³/mol. The van der Waals surface area contributed by atoms with Crippen molar-refractivity contribution in [2.75, 3.05) is 6.54 Å². The van der Waals surface area contributed by atoms with Crippen LogP contribution in [0.4, 0.5) is 0 Å². The molecule has 3 atom stereocenters. The molecule has 2 heteroatoms. The van der Waals surface area contributed by atoms with E-state index >= 15 is 0 Å². The van der Waals surface area contributed by atoms with E-state index in [9.17, 15) is 0 Å². The zero-order chi connectivity index (χ0) is 13.0. The highest BCUT2D eigenvalue weighted by Gasteiger charge is 2.29. The minimum Gasteiger partial charge on any atom is -0.330 e. The van der Waals surface area contributed by atoms with Gasteiger partial charge in [0.15, 0.2) is 0 Å². The fourth-order valence-corrected chi connectivity index (χ4v) is 3.10. The van der Waals surface area contributed by atoms with Crippen molar-refractivity contribution < 1.29 is 0 Å². The van der Waals surface area contributed by atoms with Gasteiger partial charge in [-0.25, -0.2) is 0 Å². The molecule has 1 aliphatic carbocycles. The van der Waals surface area contributed by atoms with Gasteiger partial charge in [0.05, 0.1) is 0 Å². The molecule has 0 bridgehead atoms. The molecule has 18 heavy (non-hydrogen) atoms. The summed E-state index contributed by atoms with van der Waals surface area (Å²) in [6.45, 7) is 5.39. The maximum Gasteiger partial charge on any atom is 0.0345 e. The van der Waals surface area contributed by atoms with Crippen LogP contribution < -0.4 is 11.1 Å². The van der Waals surface area contributed by atoms with E-state index in [0.29, 0.717) is 23.9 Å². The molecule has 3 N–H and O–H groups in total. The van der Waals surface area contributed by atoms with E-state index < -0.39 is 0 Å². The van der Waals surface area contributed by atoms with Crippen LogP contribution in [-0.4, -0.2) is 12.6 Å². The van der Waals surface area contributed by atoms with Crippen LogP contribution in [0.15, 0.2) is 30.3 Å². The lowest BCUT2D eigenvalue weighted by atomic mass is 9.93. The number of hydrogen-bond donors (Lipinski definition) is 2. The first kappa shape index (κ1) is 13.6. The summed E-state index contributed by atoms with van der Waals surface area (Å²) in [4.78, 5) is 0. The van der Waals surface area contributed by atoms with E-state index in [0.717, 1.165) is 6.54 Å². The van der Waals surface area contributed by atoms with E-state index in [1.165, 1.54) is 24.8 Å². The molecular formula is C16H26N2. The Morgan fingerprint density at radius 3 is 2.56 bits per heavy atom. The van der Waals surface area contributed by atoms with E-state index in [1.807, 2.05) is 0 Å². The van der Waals surface area contributed by atoms with Crippen molar-refractivity contribution >= 4 is 0 Å². The number of rotatable bonds is 5. The van der Waals surface area contributed by atoms with Crippen molar-refractivity contribution in [1.29, 1.82) is 0 Å². The van der Waals surface area contributed by atoms with Gasteiger partial charge in [0.2, 0.25) is 0 Å². The molecule has 1 saturated carbocycles. The van der Waals surface area contributed by atoms with Crippen molar-refractivity contribution in [2.45, 2.75) is 45.2 Å². The molecule has 2 rings (SSSR count). The smallest absolute Gasteiger partial charge is 0.0345 e. The molecule has 1 aromatic carbocycles. The average molecular weight is 246 g/mol. The third-order valence-electron chi connectivity index (χ3n) is 4.18. The fraction of sp³-hybridized carbons (Fsp3) is 0.625. The van der Waals surface area contributed by atoms with E-state index in [4.69, 9.17) is 5.73 Å². The quantitative estimate of drug-likeness (QED) is 0.838. The Kier molecular flexibility index (Phi) is 4.79. The first-order valence-corrected chi connectivity index (χ1v) is 7.23. The molecule has 0 amide bonds. The molecule has 1 fully saturated rings. The topological polar surface area (TPSA) is 38.0 Å². The number of nitrogens with two attached hydrogens (primary N) is 1. The van der Waals surface area contributed by atoms with Gasteiger partial charge < -0.3 is 11.1 Å². The summed E-state index contributed by atoms with van der Waals surface area (Å²) >= 11 is 0. The monoisotopic (exact) mass is 246 g/mol. The molecule has 0 aromatic heterocycles. The number of nitrogens with one attached hydrogen (secondary N) is 1. The van der Waals surface area contributed by atoms with Gasteiger partial charge in [-0.2, -0.15) is 0 Å². The minimum atomic E-state index is 0.448. The largest absolute Gasteiger partial charge is 0.330 e. The van der Waals surface area contributed by atoms with Gasteiger partial charge >= 0.3 is 0 Å². The summed E-state index contributed by atoms with van der Waals surface area (Å²) in [5.74, 6) is 1.27. The SMILES string of the molecule is CC(C)C(NC1CCCC1CN)c1ccccc1. The molecular weight excluding hydrogens is 220 g/mol. The Labute approximate surface area is 111 Å². The second-order valence-corrected chi connectivity index (χ2v) is 5.83. The summed E-state index contributed by atoms with van der Waals surface area (Å²) < 4.78 is 0. The molecule has 0 heterocycles. The Morgan fingerprint density at radius 1 is 1.22 bits per heavy atom. The third-order valence-corrected chi connectivity index (χ3v) is 4.18. The summed E-state index contributed by atoms with van der Waals surface area (Å²) in [5, 5.41) is 3.85. The highest BCUT2D eigenvalue weighted by molar-refractivity contribution is 5.19. The van der Waals surface area contributed by atoms with Crippen LogP contribution in [0, 0.1) is 11.8 Å². The molecule has 2 nitrogen and oxygen atoms in total. The molecule has 3 unspecified atom stereocenters. The molecule has 100 valence electrons. The van der Waals surface area contributed by atoms with Crippen LogP contribution in [0.5, 0.6) is 0 Å². The van der Waals surface area contributed by atoms with E-state index in [1.54, 1.807) is 0 Å². The summed E-state index contributed by atoms with van der Waals surface area (Å²) in [7, 11) is 0. The van der Waals surface area contributed by atoms with Gasteiger partial charge in [0.1, 0.15) is 0 Å². The lowest BCUT2D eigenvalue weighted by Crippen LogP contribution is -2.40. The summed E-state index contributed by atoms with van der Waals surface area (Å²) in [6, 6.07) is 11.8. The van der Waals surface area contributed by atoms with E-state index in [-0.39, 0.29) is 0 Å². The van der Waals surface area contributed by atoms with Gasteiger partial charge in [-0.1, -0.05) is 50.6 Å². The number of hydrogen-bond acceptors (Lipinski definition) is 2. The summed E-state index contributed by atoms with van der Waals surface area (Å²) in [6.07, 6.45) is 3.88. The Bertz CT molecular complexity index is 347. The molecule has 0 saturated heterocycles. The molecule has 0 aliphatic heterocycles. The van der Waals surface area contributed by atoms with Crippen LogP contribution in [0.1, 0.15) is 44.7 Å². The highest BCUT2D eigenvalue weighted by atomic mass is 15.0. The van der Waals surface area contributed by atoms with Crippen LogP contribution in [-0.2, 0) is 0 Å². The average Bonchev–Trinajstić information content (AvgIpc) is 2.83. The van der Waals surface area contributed by atoms with Gasteiger partial charge in [0, 0.05) is 12.1 Å². The predicted octanol–water partition coefficient (Wildman–Crippen LogP) is 3.10. The third kappa shape index (κ3) is 3.12. The standard InChI is InChI=1S/C16H26N2/c1-12(2)16(13-7-4-3-5-8-13)18-15-10-6-9-14(15)11-17/h3-5,7-8,12,14-16,18H,6,9-11,17H2,1-2H3. The Morgan fingerprint density at radius 2 is 1.94 bits per heavy atom.